The summed E-state index contributed by atoms with van der Waals surface area (Å²) in [5, 5.41) is 22.0. The number of aliphatic hydroxyl groups excluding tert-OH is 1. The van der Waals surface area contributed by atoms with Crippen LogP contribution in [0.1, 0.15) is 63.5 Å². The van der Waals surface area contributed by atoms with E-state index in [-0.39, 0.29) is 6.10 Å². The van der Waals surface area contributed by atoms with Gasteiger partial charge in [-0.25, -0.2) is 0 Å². The Hall–Kier alpha value is -1.35. The largest absolute Gasteiger partial charge is 0.411 e. The summed E-state index contributed by atoms with van der Waals surface area (Å²) in [7, 11) is 0. The van der Waals surface area contributed by atoms with Gasteiger partial charge in [0.2, 0.25) is 0 Å². The summed E-state index contributed by atoms with van der Waals surface area (Å²) in [5.41, 5.74) is 2.97. The summed E-state index contributed by atoms with van der Waals surface area (Å²) >= 11 is 0. The van der Waals surface area contributed by atoms with Crippen molar-refractivity contribution in [3.05, 3.63) is 35.4 Å². The lowest BCUT2D eigenvalue weighted by molar-refractivity contribution is 0.161. The Morgan fingerprint density at radius 3 is 2.57 bits per heavy atom. The molecular formula is C18H29NO2. The van der Waals surface area contributed by atoms with Gasteiger partial charge in [-0.2, -0.15) is 0 Å². The molecule has 0 amide bonds. The summed E-state index contributed by atoms with van der Waals surface area (Å²) in [6.45, 7) is 4.02. The number of rotatable bonds is 10. The number of hydrogen-bond donors (Lipinski definition) is 2. The first-order chi connectivity index (χ1) is 10.2. The van der Waals surface area contributed by atoms with Crippen LogP contribution in [0, 0.1) is 0 Å². The van der Waals surface area contributed by atoms with Crippen molar-refractivity contribution >= 4 is 5.71 Å². The molecule has 2 N–H and O–H groups in total. The van der Waals surface area contributed by atoms with Crippen molar-refractivity contribution in [1.29, 1.82) is 0 Å². The molecule has 0 saturated heterocycles. The summed E-state index contributed by atoms with van der Waals surface area (Å²) in [4.78, 5) is 0. The van der Waals surface area contributed by atoms with Crippen molar-refractivity contribution in [3.63, 3.8) is 0 Å². The second-order valence-corrected chi connectivity index (χ2v) is 5.89. The van der Waals surface area contributed by atoms with Crippen molar-refractivity contribution in [1.82, 2.24) is 0 Å². The first-order valence-electron chi connectivity index (χ1n) is 8.09. The van der Waals surface area contributed by atoms with E-state index in [1.807, 2.05) is 12.1 Å². The van der Waals surface area contributed by atoms with Crippen molar-refractivity contribution in [2.75, 3.05) is 0 Å². The molecule has 118 valence electrons. The lowest BCUT2D eigenvalue weighted by Gasteiger charge is -2.11. The summed E-state index contributed by atoms with van der Waals surface area (Å²) in [5.74, 6) is 0. The molecule has 0 aromatic heterocycles. The Labute approximate surface area is 128 Å². The highest BCUT2D eigenvalue weighted by Crippen LogP contribution is 2.13. The summed E-state index contributed by atoms with van der Waals surface area (Å²) in [6.07, 6.45) is 8.14. The van der Waals surface area contributed by atoms with Gasteiger partial charge in [-0.05, 0) is 30.9 Å². The molecule has 21 heavy (non-hydrogen) atoms. The molecule has 0 aliphatic carbocycles. The zero-order chi connectivity index (χ0) is 15.5. The number of unbranched alkanes of at least 4 members (excludes halogenated alkanes) is 4. The normalized spacial score (nSPS) is 13.4. The van der Waals surface area contributed by atoms with Crippen LogP contribution in [0.3, 0.4) is 0 Å². The quantitative estimate of drug-likeness (QED) is 0.291. The fourth-order valence-electron chi connectivity index (χ4n) is 2.56. The van der Waals surface area contributed by atoms with E-state index in [1.165, 1.54) is 25.7 Å². The Kier molecular flexibility index (Phi) is 8.76. The van der Waals surface area contributed by atoms with Gasteiger partial charge in [0.05, 0.1) is 11.8 Å². The minimum Gasteiger partial charge on any atom is -0.411 e. The molecule has 0 aliphatic heterocycles. The lowest BCUT2D eigenvalue weighted by Crippen LogP contribution is -2.10. The van der Waals surface area contributed by atoms with Crippen LogP contribution < -0.4 is 0 Å². The zero-order valence-electron chi connectivity index (χ0n) is 13.4. The summed E-state index contributed by atoms with van der Waals surface area (Å²) < 4.78 is 0. The molecule has 0 heterocycles. The monoisotopic (exact) mass is 291 g/mol. The fourth-order valence-corrected chi connectivity index (χ4v) is 2.56. The Balaban J connectivity index is 2.38. The van der Waals surface area contributed by atoms with Crippen LogP contribution in [0.4, 0.5) is 0 Å². The highest BCUT2D eigenvalue weighted by molar-refractivity contribution is 5.83. The number of aliphatic hydroxyl groups is 1. The lowest BCUT2D eigenvalue weighted by atomic mass is 9.99. The fraction of sp³-hybridized carbons (Fsp3) is 0.611. The van der Waals surface area contributed by atoms with Crippen LogP contribution in [0.2, 0.25) is 0 Å². The van der Waals surface area contributed by atoms with Gasteiger partial charge in [0.1, 0.15) is 0 Å². The third kappa shape index (κ3) is 7.86. The predicted molar refractivity (Wildman–Crippen MR) is 88.1 cm³/mol. The molecule has 0 aliphatic rings. The Morgan fingerprint density at radius 2 is 1.86 bits per heavy atom. The molecule has 0 bridgehead atoms. The van der Waals surface area contributed by atoms with Gasteiger partial charge >= 0.3 is 0 Å². The predicted octanol–water partition coefficient (Wildman–Crippen LogP) is 4.34. The topological polar surface area (TPSA) is 52.8 Å². The van der Waals surface area contributed by atoms with Gasteiger partial charge in [-0.1, -0.05) is 68.4 Å². The minimum absolute atomic E-state index is 0.255. The molecule has 0 radical (unpaired) electrons. The zero-order valence-corrected chi connectivity index (χ0v) is 13.4. The third-order valence-electron chi connectivity index (χ3n) is 3.73. The van der Waals surface area contributed by atoms with E-state index in [1.54, 1.807) is 6.92 Å². The number of nitrogens with zero attached hydrogens (tertiary/aromatic N) is 1. The molecule has 3 heteroatoms. The van der Waals surface area contributed by atoms with Crippen LogP contribution in [-0.2, 0) is 12.8 Å². The van der Waals surface area contributed by atoms with E-state index in [9.17, 15) is 5.11 Å². The maximum absolute atomic E-state index is 10.1. The number of benzene rings is 1. The molecule has 1 aromatic carbocycles. The van der Waals surface area contributed by atoms with E-state index < -0.39 is 0 Å². The number of hydrogen-bond acceptors (Lipinski definition) is 3. The third-order valence-corrected chi connectivity index (χ3v) is 3.73. The van der Waals surface area contributed by atoms with Gasteiger partial charge in [-0.15, -0.1) is 0 Å². The van der Waals surface area contributed by atoms with Gasteiger partial charge < -0.3 is 10.3 Å². The minimum atomic E-state index is -0.255. The van der Waals surface area contributed by atoms with E-state index in [0.29, 0.717) is 18.6 Å². The van der Waals surface area contributed by atoms with E-state index >= 15 is 0 Å². The van der Waals surface area contributed by atoms with Crippen molar-refractivity contribution in [2.24, 2.45) is 5.16 Å². The van der Waals surface area contributed by atoms with Crippen molar-refractivity contribution in [3.8, 4) is 0 Å². The molecule has 1 aromatic rings. The second kappa shape index (κ2) is 10.4. The summed E-state index contributed by atoms with van der Waals surface area (Å²) in [6, 6.07) is 8.17. The second-order valence-electron chi connectivity index (χ2n) is 5.89. The van der Waals surface area contributed by atoms with Crippen LogP contribution >= 0.6 is 0 Å². The molecule has 1 unspecified atom stereocenters. The van der Waals surface area contributed by atoms with Gasteiger partial charge in [0.15, 0.2) is 0 Å². The average Bonchev–Trinajstić information content (AvgIpc) is 2.47. The number of oxime groups is 1. The smallest absolute Gasteiger partial charge is 0.0583 e. The first-order valence-corrected chi connectivity index (χ1v) is 8.09. The van der Waals surface area contributed by atoms with Gasteiger partial charge in [0.25, 0.3) is 0 Å². The Morgan fingerprint density at radius 1 is 1.14 bits per heavy atom. The SMILES string of the molecule is CCCCCCCC(O)Cc1cccc(CC(C)=NO)c1. The van der Waals surface area contributed by atoms with Gasteiger partial charge in [0, 0.05) is 6.42 Å². The molecule has 3 nitrogen and oxygen atoms in total. The maximum Gasteiger partial charge on any atom is 0.0583 e. The molecule has 1 rings (SSSR count). The molecule has 1 atom stereocenters. The molecule has 0 spiro atoms. The Bertz CT molecular complexity index is 429. The van der Waals surface area contributed by atoms with Crippen LogP contribution in [0.15, 0.2) is 29.4 Å². The van der Waals surface area contributed by atoms with Gasteiger partial charge in [-0.3, -0.25) is 0 Å². The average molecular weight is 291 g/mol. The van der Waals surface area contributed by atoms with E-state index in [4.69, 9.17) is 5.21 Å². The van der Waals surface area contributed by atoms with E-state index in [2.05, 4.69) is 24.2 Å². The maximum atomic E-state index is 10.1. The highest BCUT2D eigenvalue weighted by Gasteiger charge is 2.06. The molecule has 0 fully saturated rings. The molecule has 0 saturated carbocycles. The van der Waals surface area contributed by atoms with Crippen LogP contribution in [0.5, 0.6) is 0 Å². The van der Waals surface area contributed by atoms with Crippen molar-refractivity contribution < 1.29 is 10.3 Å². The van der Waals surface area contributed by atoms with Crippen LogP contribution in [-0.4, -0.2) is 22.1 Å². The first kappa shape index (κ1) is 17.7. The van der Waals surface area contributed by atoms with Crippen molar-refractivity contribution in [2.45, 2.75) is 71.3 Å². The van der Waals surface area contributed by atoms with E-state index in [0.717, 1.165) is 24.0 Å². The molecular weight excluding hydrogens is 262 g/mol. The van der Waals surface area contributed by atoms with Crippen LogP contribution in [0.25, 0.3) is 0 Å². The standard InChI is InChI=1S/C18H29NO2/c1-3-4-5-6-7-11-18(20)14-17-10-8-9-16(13-17)12-15(2)19-21/h8-10,13,18,20-21H,3-7,11-12,14H2,1-2H3. The highest BCUT2D eigenvalue weighted by atomic mass is 16.4.